The molecule has 0 amide bonds. The summed E-state index contributed by atoms with van der Waals surface area (Å²) in [6, 6.07) is 0.353. The molecule has 1 N–H and O–H groups in total. The molecular weight excluding hydrogens is 252 g/mol. The Morgan fingerprint density at radius 1 is 1.35 bits per heavy atom. The van der Waals surface area contributed by atoms with Gasteiger partial charge in [-0.25, -0.2) is 9.97 Å². The zero-order valence-electron chi connectivity index (χ0n) is 13.0. The molecule has 0 aliphatic carbocycles. The third-order valence-electron chi connectivity index (χ3n) is 3.65. The average Bonchev–Trinajstić information content (AvgIpc) is 2.44. The van der Waals surface area contributed by atoms with Gasteiger partial charge < -0.3 is 15.0 Å². The molecule has 1 aromatic heterocycles. The van der Waals surface area contributed by atoms with Crippen LogP contribution in [0.5, 0.6) is 0 Å². The summed E-state index contributed by atoms with van der Waals surface area (Å²) in [5, 5.41) is 3.36. The first-order chi connectivity index (χ1) is 9.67. The molecule has 2 unspecified atom stereocenters. The van der Waals surface area contributed by atoms with Crippen molar-refractivity contribution in [3.05, 3.63) is 11.9 Å². The quantitative estimate of drug-likeness (QED) is 0.896. The Hall–Kier alpha value is -1.36. The van der Waals surface area contributed by atoms with E-state index < -0.39 is 0 Å². The van der Waals surface area contributed by atoms with Crippen LogP contribution in [0.1, 0.15) is 39.7 Å². The number of hydrogen-bond acceptors (Lipinski definition) is 5. The van der Waals surface area contributed by atoms with E-state index in [1.54, 1.807) is 6.33 Å². The molecular formula is C15H26N4O. The monoisotopic (exact) mass is 278 g/mol. The van der Waals surface area contributed by atoms with Crippen molar-refractivity contribution in [1.29, 1.82) is 0 Å². The minimum absolute atomic E-state index is 0.248. The van der Waals surface area contributed by atoms with Gasteiger partial charge in [0, 0.05) is 18.7 Å². The smallest absolute Gasteiger partial charge is 0.137 e. The van der Waals surface area contributed by atoms with Crippen LogP contribution in [0.2, 0.25) is 0 Å². The van der Waals surface area contributed by atoms with Gasteiger partial charge in [0.2, 0.25) is 0 Å². The summed E-state index contributed by atoms with van der Waals surface area (Å²) in [7, 11) is 0. The van der Waals surface area contributed by atoms with Gasteiger partial charge in [-0.15, -0.1) is 0 Å². The predicted molar refractivity (Wildman–Crippen MR) is 82.4 cm³/mol. The van der Waals surface area contributed by atoms with Crippen LogP contribution in [-0.2, 0) is 11.2 Å². The summed E-state index contributed by atoms with van der Waals surface area (Å²) >= 11 is 0. The molecule has 2 heterocycles. The van der Waals surface area contributed by atoms with Crippen LogP contribution in [0.15, 0.2) is 6.33 Å². The van der Waals surface area contributed by atoms with Gasteiger partial charge in [-0.2, -0.15) is 0 Å². The number of morpholine rings is 1. The van der Waals surface area contributed by atoms with Crippen LogP contribution in [0.25, 0.3) is 0 Å². The summed E-state index contributed by atoms with van der Waals surface area (Å²) < 4.78 is 5.72. The third-order valence-corrected chi connectivity index (χ3v) is 3.65. The Labute approximate surface area is 121 Å². The number of rotatable bonds is 5. The number of nitrogens with one attached hydrogen (secondary N) is 1. The molecule has 0 bridgehead atoms. The summed E-state index contributed by atoms with van der Waals surface area (Å²) in [4.78, 5) is 11.3. The highest BCUT2D eigenvalue weighted by Crippen LogP contribution is 2.28. The Morgan fingerprint density at radius 3 is 2.85 bits per heavy atom. The molecule has 0 aromatic carbocycles. The summed E-state index contributed by atoms with van der Waals surface area (Å²) in [6.07, 6.45) is 4.00. The van der Waals surface area contributed by atoms with E-state index in [4.69, 9.17) is 4.74 Å². The Bertz CT molecular complexity index is 438. The van der Waals surface area contributed by atoms with Gasteiger partial charge in [-0.05, 0) is 27.2 Å². The second kappa shape index (κ2) is 6.88. The fraction of sp³-hybridized carbons (Fsp3) is 0.733. The van der Waals surface area contributed by atoms with Crippen molar-refractivity contribution in [3.63, 3.8) is 0 Å². The summed E-state index contributed by atoms with van der Waals surface area (Å²) in [5.74, 6) is 2.05. The molecule has 5 nitrogen and oxygen atoms in total. The normalized spacial score (nSPS) is 22.9. The lowest BCUT2D eigenvalue weighted by Gasteiger charge is -2.38. The van der Waals surface area contributed by atoms with Crippen LogP contribution >= 0.6 is 0 Å². The maximum absolute atomic E-state index is 5.72. The van der Waals surface area contributed by atoms with Gasteiger partial charge in [0.05, 0.1) is 18.8 Å². The van der Waals surface area contributed by atoms with Crippen molar-refractivity contribution < 1.29 is 4.74 Å². The zero-order chi connectivity index (χ0) is 14.5. The van der Waals surface area contributed by atoms with E-state index in [1.165, 1.54) is 5.56 Å². The number of nitrogens with zero attached hydrogens (tertiary/aromatic N) is 3. The molecule has 1 aliphatic heterocycles. The lowest BCUT2D eigenvalue weighted by molar-refractivity contribution is 0.0340. The summed E-state index contributed by atoms with van der Waals surface area (Å²) in [6.45, 7) is 11.1. The highest BCUT2D eigenvalue weighted by molar-refractivity contribution is 5.59. The first kappa shape index (κ1) is 15.0. The van der Waals surface area contributed by atoms with E-state index in [2.05, 4.69) is 47.9 Å². The van der Waals surface area contributed by atoms with E-state index >= 15 is 0 Å². The van der Waals surface area contributed by atoms with Crippen molar-refractivity contribution in [1.82, 2.24) is 9.97 Å². The molecule has 2 rings (SSSR count). The van der Waals surface area contributed by atoms with Gasteiger partial charge in [-0.3, -0.25) is 0 Å². The molecule has 1 saturated heterocycles. The van der Waals surface area contributed by atoms with Crippen molar-refractivity contribution in [2.75, 3.05) is 29.9 Å². The van der Waals surface area contributed by atoms with Gasteiger partial charge in [-0.1, -0.05) is 13.3 Å². The van der Waals surface area contributed by atoms with Crippen LogP contribution < -0.4 is 10.2 Å². The number of aromatic nitrogens is 2. The molecule has 5 heteroatoms. The molecule has 2 atom stereocenters. The average molecular weight is 278 g/mol. The van der Waals surface area contributed by atoms with Crippen LogP contribution in [0.4, 0.5) is 11.6 Å². The molecule has 1 aromatic rings. The molecule has 112 valence electrons. The van der Waals surface area contributed by atoms with E-state index in [1.807, 2.05) is 0 Å². The van der Waals surface area contributed by atoms with Crippen molar-refractivity contribution in [3.8, 4) is 0 Å². The SMILES string of the molecule is CCCc1c(NCC)ncnc1N1CC(C)OCC1C. The van der Waals surface area contributed by atoms with Gasteiger partial charge in [0.25, 0.3) is 0 Å². The lowest BCUT2D eigenvalue weighted by Crippen LogP contribution is -2.48. The zero-order valence-corrected chi connectivity index (χ0v) is 13.0. The molecule has 1 fully saturated rings. The maximum atomic E-state index is 5.72. The number of ether oxygens (including phenoxy) is 1. The minimum Gasteiger partial charge on any atom is -0.375 e. The van der Waals surface area contributed by atoms with Crippen LogP contribution in [-0.4, -0.2) is 41.8 Å². The standard InChI is InChI=1S/C15H26N4O/c1-5-7-13-14(16-6-2)17-10-18-15(13)19-8-12(4)20-9-11(19)3/h10-12H,5-9H2,1-4H3,(H,16,17,18). The highest BCUT2D eigenvalue weighted by atomic mass is 16.5. The largest absolute Gasteiger partial charge is 0.375 e. The Morgan fingerprint density at radius 2 is 2.15 bits per heavy atom. The molecule has 0 spiro atoms. The molecule has 20 heavy (non-hydrogen) atoms. The van der Waals surface area contributed by atoms with Crippen LogP contribution in [0.3, 0.4) is 0 Å². The minimum atomic E-state index is 0.248. The van der Waals surface area contributed by atoms with E-state index in [0.29, 0.717) is 6.04 Å². The Kier molecular flexibility index (Phi) is 5.17. The number of anilines is 2. The van der Waals surface area contributed by atoms with Gasteiger partial charge in [0.15, 0.2) is 0 Å². The first-order valence-corrected chi connectivity index (χ1v) is 7.63. The first-order valence-electron chi connectivity index (χ1n) is 7.63. The highest BCUT2D eigenvalue weighted by Gasteiger charge is 2.27. The fourth-order valence-electron chi connectivity index (χ4n) is 2.65. The van der Waals surface area contributed by atoms with Gasteiger partial charge in [0.1, 0.15) is 18.0 Å². The fourth-order valence-corrected chi connectivity index (χ4v) is 2.65. The number of hydrogen-bond donors (Lipinski definition) is 1. The molecule has 0 radical (unpaired) electrons. The van der Waals surface area contributed by atoms with Gasteiger partial charge >= 0.3 is 0 Å². The second-order valence-corrected chi connectivity index (χ2v) is 5.45. The van der Waals surface area contributed by atoms with Crippen molar-refractivity contribution in [2.45, 2.75) is 52.7 Å². The molecule has 1 aliphatic rings. The lowest BCUT2D eigenvalue weighted by atomic mass is 10.1. The summed E-state index contributed by atoms with van der Waals surface area (Å²) in [5.41, 5.74) is 1.23. The van der Waals surface area contributed by atoms with Crippen molar-refractivity contribution in [2.24, 2.45) is 0 Å². The van der Waals surface area contributed by atoms with Crippen LogP contribution in [0, 0.1) is 0 Å². The van der Waals surface area contributed by atoms with E-state index in [9.17, 15) is 0 Å². The molecule has 0 saturated carbocycles. The Balaban J connectivity index is 2.35. The van der Waals surface area contributed by atoms with E-state index in [0.717, 1.165) is 44.2 Å². The van der Waals surface area contributed by atoms with E-state index in [-0.39, 0.29) is 6.10 Å². The third kappa shape index (κ3) is 3.20. The topological polar surface area (TPSA) is 50.3 Å². The second-order valence-electron chi connectivity index (χ2n) is 5.45. The predicted octanol–water partition coefficient (Wildman–Crippen LogP) is 2.47. The van der Waals surface area contributed by atoms with Crippen molar-refractivity contribution >= 4 is 11.6 Å². The maximum Gasteiger partial charge on any atom is 0.137 e.